The van der Waals surface area contributed by atoms with E-state index in [1.807, 2.05) is 72.8 Å². The summed E-state index contributed by atoms with van der Waals surface area (Å²) in [5, 5.41) is 1.09. The van der Waals surface area contributed by atoms with Crippen molar-refractivity contribution in [1.82, 2.24) is 9.97 Å². The van der Waals surface area contributed by atoms with E-state index in [1.165, 1.54) is 0 Å². The van der Waals surface area contributed by atoms with Crippen LogP contribution in [0.3, 0.4) is 0 Å². The Morgan fingerprint density at radius 3 is 1.86 bits per heavy atom. The van der Waals surface area contributed by atoms with Crippen LogP contribution in [0.15, 0.2) is 97.1 Å². The van der Waals surface area contributed by atoms with Gasteiger partial charge in [0.1, 0.15) is 0 Å². The monoisotopic (exact) mass is 551 g/mol. The summed E-state index contributed by atoms with van der Waals surface area (Å²) in [6, 6.07) is 38.8. The Kier molecular flexibility index (Phi) is 5.64. The molecule has 0 saturated carbocycles. The second-order valence-electron chi connectivity index (χ2n) is 6.53. The number of fused-ring (bicyclic) bond motifs is 1. The minimum atomic E-state index is 0. The number of rotatable bonds is 3. The molecule has 0 saturated heterocycles. The first-order valence-corrected chi connectivity index (χ1v) is 9.20. The van der Waals surface area contributed by atoms with Crippen LogP contribution in [0.1, 0.15) is 0 Å². The fourth-order valence-corrected chi connectivity index (χ4v) is 3.34. The second kappa shape index (κ2) is 8.51. The van der Waals surface area contributed by atoms with E-state index in [-0.39, 0.29) is 21.1 Å². The van der Waals surface area contributed by atoms with E-state index in [1.54, 1.807) is 0 Å². The normalized spacial score (nSPS) is 10.5. The van der Waals surface area contributed by atoms with E-state index in [2.05, 4.69) is 36.4 Å². The van der Waals surface area contributed by atoms with Gasteiger partial charge in [-0.15, -0.1) is 71.8 Å². The van der Waals surface area contributed by atoms with Crippen molar-refractivity contribution < 1.29 is 21.1 Å². The first kappa shape index (κ1) is 19.2. The summed E-state index contributed by atoms with van der Waals surface area (Å²) in [5.41, 5.74) is 6.65. The van der Waals surface area contributed by atoms with Crippen molar-refractivity contribution >= 4 is 10.9 Å². The SMILES string of the molecule is [Pt+2].[c-]1ccccc1-c1cccc(-c2cccc3ccc(-c4[c-]cccc4)nc23)n1. The molecule has 0 aliphatic rings. The van der Waals surface area contributed by atoms with E-state index in [0.29, 0.717) is 0 Å². The van der Waals surface area contributed by atoms with E-state index in [0.717, 1.165) is 44.7 Å². The fraction of sp³-hybridized carbons (Fsp3) is 0. The maximum absolute atomic E-state index is 4.95. The average Bonchev–Trinajstić information content (AvgIpc) is 2.79. The summed E-state index contributed by atoms with van der Waals surface area (Å²) in [7, 11) is 0. The van der Waals surface area contributed by atoms with Gasteiger partial charge in [-0.05, 0) is 22.8 Å². The molecule has 0 spiro atoms. The second-order valence-corrected chi connectivity index (χ2v) is 6.53. The van der Waals surface area contributed by atoms with Crippen LogP contribution in [0.5, 0.6) is 0 Å². The first-order valence-electron chi connectivity index (χ1n) is 9.20. The number of hydrogen-bond donors (Lipinski definition) is 0. The Bertz CT molecular complexity index is 1250. The van der Waals surface area contributed by atoms with Gasteiger partial charge in [0.15, 0.2) is 0 Å². The van der Waals surface area contributed by atoms with Crippen LogP contribution in [0.25, 0.3) is 44.7 Å². The molecule has 5 rings (SSSR count). The molecule has 5 aromatic rings. The first-order chi connectivity index (χ1) is 13.9. The van der Waals surface area contributed by atoms with Crippen LogP contribution >= 0.6 is 0 Å². The predicted molar refractivity (Wildman–Crippen MR) is 114 cm³/mol. The van der Waals surface area contributed by atoms with Crippen molar-refractivity contribution in [2.75, 3.05) is 0 Å². The molecule has 0 amide bonds. The third kappa shape index (κ3) is 3.90. The molecule has 2 aromatic heterocycles. The van der Waals surface area contributed by atoms with Gasteiger partial charge in [0.25, 0.3) is 0 Å². The van der Waals surface area contributed by atoms with Crippen molar-refractivity contribution in [3.8, 4) is 33.8 Å². The topological polar surface area (TPSA) is 25.8 Å². The minimum Gasteiger partial charge on any atom is -0.296 e. The van der Waals surface area contributed by atoms with Crippen LogP contribution < -0.4 is 0 Å². The fourth-order valence-electron chi connectivity index (χ4n) is 3.34. The Balaban J connectivity index is 0.00000205. The Morgan fingerprint density at radius 1 is 0.517 bits per heavy atom. The van der Waals surface area contributed by atoms with Gasteiger partial charge in [-0.2, -0.15) is 0 Å². The Labute approximate surface area is 184 Å². The molecule has 0 atom stereocenters. The molecule has 29 heavy (non-hydrogen) atoms. The van der Waals surface area contributed by atoms with Crippen LogP contribution in [-0.4, -0.2) is 9.97 Å². The summed E-state index contributed by atoms with van der Waals surface area (Å²) in [4.78, 5) is 9.83. The molecule has 0 bridgehead atoms. The maximum Gasteiger partial charge on any atom is 2.00 e. The minimum absolute atomic E-state index is 0. The van der Waals surface area contributed by atoms with Crippen LogP contribution in [0, 0.1) is 12.1 Å². The zero-order valence-electron chi connectivity index (χ0n) is 15.4. The number of aromatic nitrogens is 2. The van der Waals surface area contributed by atoms with E-state index >= 15 is 0 Å². The predicted octanol–water partition coefficient (Wildman–Crippen LogP) is 6.23. The van der Waals surface area contributed by atoms with Gasteiger partial charge >= 0.3 is 21.1 Å². The molecule has 3 heteroatoms. The summed E-state index contributed by atoms with van der Waals surface area (Å²) in [6.45, 7) is 0. The van der Waals surface area contributed by atoms with Crippen molar-refractivity contribution in [2.24, 2.45) is 0 Å². The van der Waals surface area contributed by atoms with Crippen molar-refractivity contribution in [3.05, 3.63) is 109 Å². The van der Waals surface area contributed by atoms with Crippen LogP contribution in [0.4, 0.5) is 0 Å². The van der Waals surface area contributed by atoms with E-state index in [9.17, 15) is 0 Å². The van der Waals surface area contributed by atoms with Gasteiger partial charge < -0.3 is 0 Å². The summed E-state index contributed by atoms with van der Waals surface area (Å²) < 4.78 is 0. The Morgan fingerprint density at radius 2 is 1.17 bits per heavy atom. The third-order valence-electron chi connectivity index (χ3n) is 4.72. The number of para-hydroxylation sites is 1. The summed E-state index contributed by atoms with van der Waals surface area (Å²) >= 11 is 0. The smallest absolute Gasteiger partial charge is 0.296 e. The van der Waals surface area contributed by atoms with Gasteiger partial charge in [-0.3, -0.25) is 9.97 Å². The maximum atomic E-state index is 4.95. The number of benzene rings is 3. The number of nitrogens with zero attached hydrogens (tertiary/aromatic N) is 2. The molecule has 0 fully saturated rings. The third-order valence-corrected chi connectivity index (χ3v) is 4.72. The van der Waals surface area contributed by atoms with Gasteiger partial charge in [-0.1, -0.05) is 42.5 Å². The quantitative estimate of drug-likeness (QED) is 0.249. The molecule has 0 aliphatic carbocycles. The molecular formula is C26H16N2Pt. The van der Waals surface area contributed by atoms with Crippen LogP contribution in [0.2, 0.25) is 0 Å². The van der Waals surface area contributed by atoms with Gasteiger partial charge in [-0.25, -0.2) is 0 Å². The average molecular weight is 552 g/mol. The van der Waals surface area contributed by atoms with E-state index < -0.39 is 0 Å². The molecule has 2 nitrogen and oxygen atoms in total. The number of pyridine rings is 2. The molecule has 2 heterocycles. The molecular weight excluding hydrogens is 535 g/mol. The molecule has 0 aliphatic heterocycles. The molecule has 0 N–H and O–H groups in total. The van der Waals surface area contributed by atoms with Gasteiger partial charge in [0.2, 0.25) is 0 Å². The zero-order chi connectivity index (χ0) is 18.8. The largest absolute Gasteiger partial charge is 2.00 e. The Hall–Kier alpha value is -3.09. The van der Waals surface area contributed by atoms with Gasteiger partial charge in [0, 0.05) is 5.56 Å². The molecule has 3 aromatic carbocycles. The summed E-state index contributed by atoms with van der Waals surface area (Å²) in [6.07, 6.45) is 0. The van der Waals surface area contributed by atoms with Crippen molar-refractivity contribution in [1.29, 1.82) is 0 Å². The summed E-state index contributed by atoms with van der Waals surface area (Å²) in [5.74, 6) is 0. The molecule has 140 valence electrons. The van der Waals surface area contributed by atoms with Crippen molar-refractivity contribution in [2.45, 2.75) is 0 Å². The van der Waals surface area contributed by atoms with Crippen molar-refractivity contribution in [3.63, 3.8) is 0 Å². The number of hydrogen-bond acceptors (Lipinski definition) is 2. The van der Waals surface area contributed by atoms with Gasteiger partial charge in [0.05, 0.1) is 11.2 Å². The van der Waals surface area contributed by atoms with Crippen LogP contribution in [-0.2, 0) is 21.1 Å². The van der Waals surface area contributed by atoms with E-state index in [4.69, 9.17) is 9.97 Å². The molecule has 0 unspecified atom stereocenters. The standard InChI is InChI=1S/C26H16N2.Pt/c1-3-9-19(10-4-1)23-15-8-16-25(27-23)22-14-7-13-21-17-18-24(28-26(21)22)20-11-5-2-6-12-20;/h1-9,11,13-18H;/q-2;+2. The zero-order valence-corrected chi connectivity index (χ0v) is 17.7. The molecule has 0 radical (unpaired) electrons.